The van der Waals surface area contributed by atoms with Gasteiger partial charge < -0.3 is 4.74 Å². The van der Waals surface area contributed by atoms with Crippen LogP contribution in [0.4, 0.5) is 0 Å². The summed E-state index contributed by atoms with van der Waals surface area (Å²) in [5, 5.41) is 0.753. The number of aryl methyl sites for hydroxylation is 1. The zero-order valence-electron chi connectivity index (χ0n) is 17.3. The molecule has 146 valence electrons. The Hall–Kier alpha value is -2.33. The molecule has 0 atom stereocenters. The number of rotatable bonds is 7. The highest BCUT2D eigenvalue weighted by Crippen LogP contribution is 2.29. The van der Waals surface area contributed by atoms with Crippen LogP contribution in [0.5, 0.6) is 11.6 Å². The molecule has 0 N–H and O–H groups in total. The van der Waals surface area contributed by atoms with Gasteiger partial charge in [0.1, 0.15) is 5.75 Å². The Kier molecular flexibility index (Phi) is 6.74. The second-order valence-electron chi connectivity index (χ2n) is 7.68. The normalized spacial score (nSPS) is 11.2. The monoisotopic (exact) mass is 392 g/mol. The third kappa shape index (κ3) is 5.59. The van der Waals surface area contributed by atoms with Crippen LogP contribution < -0.4 is 4.74 Å². The molecule has 2 aromatic carbocycles. The lowest BCUT2D eigenvalue weighted by Crippen LogP contribution is -2.00. The minimum atomic E-state index is 0.311. The van der Waals surface area contributed by atoms with Crippen LogP contribution in [0.2, 0.25) is 0 Å². The van der Waals surface area contributed by atoms with Crippen molar-refractivity contribution in [1.82, 2.24) is 9.97 Å². The third-order valence-corrected chi connectivity index (χ3v) is 5.41. The van der Waals surface area contributed by atoms with Crippen LogP contribution in [0.15, 0.2) is 59.8 Å². The van der Waals surface area contributed by atoms with E-state index in [1.807, 2.05) is 18.2 Å². The van der Waals surface area contributed by atoms with Crippen LogP contribution in [0.1, 0.15) is 61.9 Å². The first-order valence-electron chi connectivity index (χ1n) is 9.76. The van der Waals surface area contributed by atoms with E-state index in [2.05, 4.69) is 76.0 Å². The Labute approximate surface area is 172 Å². The summed E-state index contributed by atoms with van der Waals surface area (Å²) in [5.41, 5.74) is 4.79. The van der Waals surface area contributed by atoms with Gasteiger partial charge in [0.15, 0.2) is 5.16 Å². The van der Waals surface area contributed by atoms with Gasteiger partial charge in [0, 0.05) is 11.8 Å². The molecular formula is C24H28N2OS. The molecule has 0 bridgehead atoms. The Morgan fingerprint density at radius 2 is 1.68 bits per heavy atom. The number of thioether (sulfide) groups is 1. The molecule has 1 aromatic heterocycles. The quantitative estimate of drug-likeness (QED) is 0.317. The van der Waals surface area contributed by atoms with Gasteiger partial charge in [-0.1, -0.05) is 81.4 Å². The van der Waals surface area contributed by atoms with E-state index in [1.165, 1.54) is 16.7 Å². The lowest BCUT2D eigenvalue weighted by atomic mass is 10.0. The first-order chi connectivity index (χ1) is 13.4. The SMILES string of the molecule is Cc1cccc(CSc2nc(Oc3cccc(C(C)C)c3)cc(C(C)C)n2)c1. The highest BCUT2D eigenvalue weighted by Gasteiger charge is 2.11. The minimum absolute atomic E-state index is 0.311. The summed E-state index contributed by atoms with van der Waals surface area (Å²) in [6, 6.07) is 18.7. The van der Waals surface area contributed by atoms with Crippen LogP contribution >= 0.6 is 11.8 Å². The molecule has 0 aliphatic rings. The van der Waals surface area contributed by atoms with Crippen molar-refractivity contribution in [3.05, 3.63) is 77.0 Å². The Morgan fingerprint density at radius 1 is 0.893 bits per heavy atom. The predicted molar refractivity (Wildman–Crippen MR) is 117 cm³/mol. The Bertz CT molecular complexity index is 937. The van der Waals surface area contributed by atoms with Gasteiger partial charge in [0.2, 0.25) is 5.88 Å². The van der Waals surface area contributed by atoms with Gasteiger partial charge in [0.05, 0.1) is 5.69 Å². The van der Waals surface area contributed by atoms with E-state index >= 15 is 0 Å². The lowest BCUT2D eigenvalue weighted by Gasteiger charge is -2.12. The topological polar surface area (TPSA) is 35.0 Å². The zero-order chi connectivity index (χ0) is 20.1. The molecule has 0 spiro atoms. The molecule has 0 unspecified atom stereocenters. The smallest absolute Gasteiger partial charge is 0.223 e. The van der Waals surface area contributed by atoms with Gasteiger partial charge in [-0.05, 0) is 42.0 Å². The van der Waals surface area contributed by atoms with Gasteiger partial charge in [0.25, 0.3) is 0 Å². The zero-order valence-corrected chi connectivity index (χ0v) is 18.1. The number of hydrogen-bond donors (Lipinski definition) is 0. The molecule has 4 heteroatoms. The minimum Gasteiger partial charge on any atom is -0.439 e. The largest absolute Gasteiger partial charge is 0.439 e. The van der Waals surface area contributed by atoms with Crippen LogP contribution in [0.3, 0.4) is 0 Å². The molecule has 0 saturated carbocycles. The van der Waals surface area contributed by atoms with Crippen LogP contribution in [0.25, 0.3) is 0 Å². The fourth-order valence-electron chi connectivity index (χ4n) is 2.84. The van der Waals surface area contributed by atoms with Crippen LogP contribution in [-0.4, -0.2) is 9.97 Å². The maximum atomic E-state index is 6.11. The van der Waals surface area contributed by atoms with E-state index < -0.39 is 0 Å². The molecule has 0 aliphatic heterocycles. The maximum absolute atomic E-state index is 6.11. The van der Waals surface area contributed by atoms with Crippen molar-refractivity contribution in [2.45, 2.75) is 57.4 Å². The van der Waals surface area contributed by atoms with E-state index in [0.29, 0.717) is 17.7 Å². The average Bonchev–Trinajstić information content (AvgIpc) is 2.66. The molecule has 0 amide bonds. The Morgan fingerprint density at radius 3 is 2.39 bits per heavy atom. The molecule has 0 aliphatic carbocycles. The molecule has 0 radical (unpaired) electrons. The number of hydrogen-bond acceptors (Lipinski definition) is 4. The van der Waals surface area contributed by atoms with E-state index in [0.717, 1.165) is 22.4 Å². The standard InChI is InChI=1S/C24H28N2OS/c1-16(2)20-10-7-11-21(13-20)27-23-14-22(17(3)4)25-24(26-23)28-15-19-9-6-8-18(5)12-19/h6-14,16-17H,15H2,1-5H3. The number of ether oxygens (including phenoxy) is 1. The molecule has 28 heavy (non-hydrogen) atoms. The third-order valence-electron chi connectivity index (χ3n) is 4.49. The van der Waals surface area contributed by atoms with Gasteiger partial charge in [-0.25, -0.2) is 4.98 Å². The second kappa shape index (κ2) is 9.24. The first kappa shape index (κ1) is 20.4. The fraction of sp³-hybridized carbons (Fsp3) is 0.333. The number of benzene rings is 2. The molecule has 3 nitrogen and oxygen atoms in total. The van der Waals surface area contributed by atoms with Crippen LogP contribution in [0, 0.1) is 6.92 Å². The summed E-state index contributed by atoms with van der Waals surface area (Å²) in [5.74, 6) is 3.03. The molecule has 3 aromatic rings. The Balaban J connectivity index is 1.82. The summed E-state index contributed by atoms with van der Waals surface area (Å²) in [6.45, 7) is 10.8. The lowest BCUT2D eigenvalue weighted by molar-refractivity contribution is 0.452. The van der Waals surface area contributed by atoms with Gasteiger partial charge >= 0.3 is 0 Å². The summed E-state index contributed by atoms with van der Waals surface area (Å²) < 4.78 is 6.11. The highest BCUT2D eigenvalue weighted by molar-refractivity contribution is 7.98. The van der Waals surface area contributed by atoms with Crippen LogP contribution in [-0.2, 0) is 5.75 Å². The fourth-order valence-corrected chi connectivity index (χ4v) is 3.64. The van der Waals surface area contributed by atoms with Crippen molar-refractivity contribution >= 4 is 11.8 Å². The maximum Gasteiger partial charge on any atom is 0.223 e. The van der Waals surface area contributed by atoms with Crippen molar-refractivity contribution < 1.29 is 4.74 Å². The highest BCUT2D eigenvalue weighted by atomic mass is 32.2. The van der Waals surface area contributed by atoms with Crippen molar-refractivity contribution in [3.63, 3.8) is 0 Å². The summed E-state index contributed by atoms with van der Waals surface area (Å²) >= 11 is 1.64. The van der Waals surface area contributed by atoms with E-state index in [4.69, 9.17) is 9.72 Å². The van der Waals surface area contributed by atoms with Gasteiger partial charge in [-0.15, -0.1) is 0 Å². The average molecular weight is 393 g/mol. The van der Waals surface area contributed by atoms with Crippen molar-refractivity contribution in [2.24, 2.45) is 0 Å². The summed E-state index contributed by atoms with van der Waals surface area (Å²) in [7, 11) is 0. The predicted octanol–water partition coefficient (Wildman–Crippen LogP) is 7.12. The van der Waals surface area contributed by atoms with Crippen molar-refractivity contribution in [2.75, 3.05) is 0 Å². The summed E-state index contributed by atoms with van der Waals surface area (Å²) in [6.07, 6.45) is 0. The van der Waals surface area contributed by atoms with E-state index in [9.17, 15) is 0 Å². The number of nitrogens with zero attached hydrogens (tertiary/aromatic N) is 2. The van der Waals surface area contributed by atoms with E-state index in [1.54, 1.807) is 11.8 Å². The molecule has 1 heterocycles. The molecular weight excluding hydrogens is 364 g/mol. The second-order valence-corrected chi connectivity index (χ2v) is 8.62. The first-order valence-corrected chi connectivity index (χ1v) is 10.7. The van der Waals surface area contributed by atoms with Crippen molar-refractivity contribution in [3.8, 4) is 11.6 Å². The molecule has 0 fully saturated rings. The molecule has 3 rings (SSSR count). The van der Waals surface area contributed by atoms with Crippen molar-refractivity contribution in [1.29, 1.82) is 0 Å². The van der Waals surface area contributed by atoms with Gasteiger partial charge in [-0.3, -0.25) is 0 Å². The molecule has 0 saturated heterocycles. The number of aromatic nitrogens is 2. The van der Waals surface area contributed by atoms with Gasteiger partial charge in [-0.2, -0.15) is 4.98 Å². The summed E-state index contributed by atoms with van der Waals surface area (Å²) in [4.78, 5) is 9.38. The van der Waals surface area contributed by atoms with E-state index in [-0.39, 0.29) is 0 Å².